The van der Waals surface area contributed by atoms with E-state index >= 15 is 0 Å². The van der Waals surface area contributed by atoms with Crippen molar-refractivity contribution in [3.8, 4) is 0 Å². The van der Waals surface area contributed by atoms with Gasteiger partial charge in [-0.2, -0.15) is 13.2 Å². The Hall–Kier alpha value is -1.56. The molecule has 128 valence electrons. The van der Waals surface area contributed by atoms with E-state index in [1.54, 1.807) is 30.3 Å². The number of hydrogen-bond donors (Lipinski definition) is 2. The third-order valence-electron chi connectivity index (χ3n) is 4.40. The zero-order chi connectivity index (χ0) is 17.1. The number of aliphatic hydroxyl groups is 1. The van der Waals surface area contributed by atoms with Gasteiger partial charge in [0, 0.05) is 6.04 Å². The van der Waals surface area contributed by atoms with E-state index in [2.05, 4.69) is 5.32 Å². The van der Waals surface area contributed by atoms with Gasteiger partial charge in [0.2, 0.25) is 5.91 Å². The van der Waals surface area contributed by atoms with Crippen LogP contribution in [-0.2, 0) is 10.4 Å². The second-order valence-electron chi connectivity index (χ2n) is 6.49. The molecule has 1 fully saturated rings. The lowest BCUT2D eigenvalue weighted by Gasteiger charge is -2.32. The molecule has 0 aliphatic heterocycles. The van der Waals surface area contributed by atoms with Crippen molar-refractivity contribution < 1.29 is 23.1 Å². The van der Waals surface area contributed by atoms with E-state index in [-0.39, 0.29) is 19.3 Å². The van der Waals surface area contributed by atoms with Gasteiger partial charge in [0.1, 0.15) is 0 Å². The average Bonchev–Trinajstić information content (AvgIpc) is 2.47. The molecule has 3 atom stereocenters. The van der Waals surface area contributed by atoms with Gasteiger partial charge >= 0.3 is 6.18 Å². The van der Waals surface area contributed by atoms with E-state index in [0.717, 1.165) is 0 Å². The third-order valence-corrected chi connectivity index (χ3v) is 4.40. The molecule has 0 heterocycles. The Kier molecular flexibility index (Phi) is 5.34. The molecule has 0 aromatic heterocycles. The molecule has 2 rings (SSSR count). The summed E-state index contributed by atoms with van der Waals surface area (Å²) in [5.41, 5.74) is -0.740. The lowest BCUT2D eigenvalue weighted by Crippen LogP contribution is -2.43. The monoisotopic (exact) mass is 329 g/mol. The van der Waals surface area contributed by atoms with Gasteiger partial charge < -0.3 is 10.4 Å². The molecule has 1 aliphatic rings. The molecule has 3 unspecified atom stereocenters. The van der Waals surface area contributed by atoms with Gasteiger partial charge in [-0.1, -0.05) is 36.8 Å². The molecular weight excluding hydrogens is 307 g/mol. The summed E-state index contributed by atoms with van der Waals surface area (Å²) in [5, 5.41) is 13.1. The maximum Gasteiger partial charge on any atom is 0.391 e. The minimum Gasteiger partial charge on any atom is -0.385 e. The van der Waals surface area contributed by atoms with Crippen LogP contribution in [0.15, 0.2) is 30.3 Å². The number of hydrogen-bond acceptors (Lipinski definition) is 2. The van der Waals surface area contributed by atoms with E-state index in [4.69, 9.17) is 0 Å². The number of rotatable bonds is 4. The van der Waals surface area contributed by atoms with Crippen molar-refractivity contribution in [2.75, 3.05) is 0 Å². The van der Waals surface area contributed by atoms with Crippen LogP contribution < -0.4 is 5.32 Å². The van der Waals surface area contributed by atoms with Crippen molar-refractivity contribution >= 4 is 5.91 Å². The molecule has 1 amide bonds. The van der Waals surface area contributed by atoms with Gasteiger partial charge in [-0.05, 0) is 31.7 Å². The summed E-state index contributed by atoms with van der Waals surface area (Å²) in [6.45, 7) is 1.53. The second kappa shape index (κ2) is 6.91. The fraction of sp³-hybridized carbons (Fsp3) is 0.588. The van der Waals surface area contributed by atoms with Crippen LogP contribution in [0.1, 0.15) is 44.6 Å². The van der Waals surface area contributed by atoms with Gasteiger partial charge in [-0.25, -0.2) is 0 Å². The molecular formula is C17H22F3NO2. The minimum atomic E-state index is -4.21. The number of amides is 1. The van der Waals surface area contributed by atoms with E-state index in [1.165, 1.54) is 6.92 Å². The maximum absolute atomic E-state index is 12.8. The molecule has 1 aromatic carbocycles. The van der Waals surface area contributed by atoms with Crippen LogP contribution in [-0.4, -0.2) is 23.2 Å². The van der Waals surface area contributed by atoms with Crippen LogP contribution in [0.2, 0.25) is 0 Å². The SMILES string of the molecule is CC(O)(CC(=O)NC1CCCC(C(F)(F)F)C1)c1ccccc1. The maximum atomic E-state index is 12.8. The molecule has 3 nitrogen and oxygen atoms in total. The normalized spacial score (nSPS) is 24.7. The summed E-state index contributed by atoms with van der Waals surface area (Å²) >= 11 is 0. The van der Waals surface area contributed by atoms with E-state index in [0.29, 0.717) is 18.4 Å². The molecule has 0 saturated heterocycles. The van der Waals surface area contributed by atoms with Crippen LogP contribution >= 0.6 is 0 Å². The summed E-state index contributed by atoms with van der Waals surface area (Å²) in [6.07, 6.45) is -3.35. The summed E-state index contributed by atoms with van der Waals surface area (Å²) < 4.78 is 38.4. The first-order valence-electron chi connectivity index (χ1n) is 7.82. The Balaban J connectivity index is 1.92. The molecule has 1 aliphatic carbocycles. The first kappa shape index (κ1) is 17.8. The Morgan fingerprint density at radius 2 is 1.91 bits per heavy atom. The number of alkyl halides is 3. The standard InChI is InChI=1S/C17H22F3NO2/c1-16(23,12-6-3-2-4-7-12)11-15(22)21-14-9-5-8-13(10-14)17(18,19)20/h2-4,6-7,13-14,23H,5,8-11H2,1H3,(H,21,22). The largest absolute Gasteiger partial charge is 0.391 e. The van der Waals surface area contributed by atoms with E-state index < -0.39 is 29.6 Å². The molecule has 2 N–H and O–H groups in total. The number of benzene rings is 1. The van der Waals surface area contributed by atoms with Crippen molar-refractivity contribution in [1.29, 1.82) is 0 Å². The Morgan fingerprint density at radius 1 is 1.26 bits per heavy atom. The predicted molar refractivity (Wildman–Crippen MR) is 80.6 cm³/mol. The summed E-state index contributed by atoms with van der Waals surface area (Å²) in [4.78, 5) is 12.1. The average molecular weight is 329 g/mol. The molecule has 1 saturated carbocycles. The number of nitrogens with one attached hydrogen (secondary N) is 1. The number of halogens is 3. The molecule has 0 bridgehead atoms. The quantitative estimate of drug-likeness (QED) is 0.888. The molecule has 23 heavy (non-hydrogen) atoms. The summed E-state index contributed by atoms with van der Waals surface area (Å²) in [6, 6.07) is 8.28. The highest BCUT2D eigenvalue weighted by Crippen LogP contribution is 2.37. The second-order valence-corrected chi connectivity index (χ2v) is 6.49. The predicted octanol–water partition coefficient (Wildman–Crippen LogP) is 3.52. The number of carbonyl (C=O) groups is 1. The van der Waals surface area contributed by atoms with Crippen molar-refractivity contribution in [3.05, 3.63) is 35.9 Å². The summed E-state index contributed by atoms with van der Waals surface area (Å²) in [5.74, 6) is -1.78. The van der Waals surface area contributed by atoms with Gasteiger partial charge in [0.05, 0.1) is 17.9 Å². The fourth-order valence-corrected chi connectivity index (χ4v) is 3.11. The number of carbonyl (C=O) groups excluding carboxylic acids is 1. The first-order valence-corrected chi connectivity index (χ1v) is 7.82. The zero-order valence-corrected chi connectivity index (χ0v) is 13.1. The Morgan fingerprint density at radius 3 is 2.52 bits per heavy atom. The smallest absolute Gasteiger partial charge is 0.385 e. The minimum absolute atomic E-state index is 0.0806. The third kappa shape index (κ3) is 4.96. The van der Waals surface area contributed by atoms with Crippen LogP contribution in [0.3, 0.4) is 0 Å². The highest BCUT2D eigenvalue weighted by Gasteiger charge is 2.42. The topological polar surface area (TPSA) is 49.3 Å². The molecule has 0 spiro atoms. The van der Waals surface area contributed by atoms with Crippen molar-refractivity contribution in [3.63, 3.8) is 0 Å². The molecule has 0 radical (unpaired) electrons. The van der Waals surface area contributed by atoms with Crippen molar-refractivity contribution in [2.24, 2.45) is 5.92 Å². The highest BCUT2D eigenvalue weighted by molar-refractivity contribution is 5.77. The van der Waals surface area contributed by atoms with Crippen LogP contribution in [0.4, 0.5) is 13.2 Å². The van der Waals surface area contributed by atoms with Crippen LogP contribution in [0.5, 0.6) is 0 Å². The Bertz CT molecular complexity index is 528. The lowest BCUT2D eigenvalue weighted by molar-refractivity contribution is -0.184. The lowest BCUT2D eigenvalue weighted by atomic mass is 9.85. The summed E-state index contributed by atoms with van der Waals surface area (Å²) in [7, 11) is 0. The van der Waals surface area contributed by atoms with Gasteiger partial charge in [0.15, 0.2) is 0 Å². The van der Waals surface area contributed by atoms with Crippen molar-refractivity contribution in [2.45, 2.75) is 56.8 Å². The van der Waals surface area contributed by atoms with Gasteiger partial charge in [-0.3, -0.25) is 4.79 Å². The van der Waals surface area contributed by atoms with E-state index in [1.807, 2.05) is 0 Å². The molecule has 6 heteroatoms. The molecule has 1 aromatic rings. The first-order chi connectivity index (χ1) is 10.7. The van der Waals surface area contributed by atoms with Crippen LogP contribution in [0, 0.1) is 5.92 Å². The van der Waals surface area contributed by atoms with Crippen LogP contribution in [0.25, 0.3) is 0 Å². The fourth-order valence-electron chi connectivity index (χ4n) is 3.11. The van der Waals surface area contributed by atoms with Gasteiger partial charge in [0.25, 0.3) is 0 Å². The van der Waals surface area contributed by atoms with E-state index in [9.17, 15) is 23.1 Å². The Labute approximate surface area is 133 Å². The zero-order valence-electron chi connectivity index (χ0n) is 13.1. The highest BCUT2D eigenvalue weighted by atomic mass is 19.4. The van der Waals surface area contributed by atoms with Crippen molar-refractivity contribution in [1.82, 2.24) is 5.32 Å². The van der Waals surface area contributed by atoms with Gasteiger partial charge in [-0.15, -0.1) is 0 Å².